The second-order valence-electron chi connectivity index (χ2n) is 11.3. The van der Waals surface area contributed by atoms with Crippen LogP contribution in [-0.2, 0) is 12.8 Å². The number of pyridine rings is 2. The van der Waals surface area contributed by atoms with E-state index in [9.17, 15) is 13.6 Å². The lowest BCUT2D eigenvalue weighted by molar-refractivity contribution is 0.121. The van der Waals surface area contributed by atoms with Gasteiger partial charge < -0.3 is 9.64 Å². The van der Waals surface area contributed by atoms with Crippen LogP contribution in [0.3, 0.4) is 0 Å². The summed E-state index contributed by atoms with van der Waals surface area (Å²) in [7, 11) is 1.38. The lowest BCUT2D eigenvalue weighted by atomic mass is 9.94. The molecule has 0 radical (unpaired) electrons. The molecule has 2 aliphatic rings. The normalized spacial score (nSPS) is 17.2. The van der Waals surface area contributed by atoms with Crippen LogP contribution in [-0.4, -0.2) is 71.5 Å². The maximum atomic E-state index is 15.6. The summed E-state index contributed by atoms with van der Waals surface area (Å²) >= 11 is 1.53. The van der Waals surface area contributed by atoms with Crippen molar-refractivity contribution in [2.75, 3.05) is 52.1 Å². The molecule has 2 aromatic heterocycles. The van der Waals surface area contributed by atoms with E-state index in [2.05, 4.69) is 14.8 Å². The molecular weight excluding hydrogens is 585 g/mol. The Morgan fingerprint density at radius 2 is 1.66 bits per heavy atom. The molecule has 6 rings (SSSR count). The minimum atomic E-state index is -0.649. The third kappa shape index (κ3) is 6.03. The zero-order valence-corrected chi connectivity index (χ0v) is 25.7. The summed E-state index contributed by atoms with van der Waals surface area (Å²) in [6.45, 7) is 6.90. The van der Waals surface area contributed by atoms with Crippen molar-refractivity contribution in [3.63, 3.8) is 0 Å². The number of halogens is 3. The highest BCUT2D eigenvalue weighted by Crippen LogP contribution is 2.41. The van der Waals surface area contributed by atoms with Crippen LogP contribution in [0.25, 0.3) is 11.1 Å². The van der Waals surface area contributed by atoms with Gasteiger partial charge in [0.25, 0.3) is 5.56 Å². The van der Waals surface area contributed by atoms with Crippen molar-refractivity contribution in [1.82, 2.24) is 19.4 Å². The first-order valence-corrected chi connectivity index (χ1v) is 15.9. The molecule has 44 heavy (non-hydrogen) atoms. The minimum Gasteiger partial charge on any atom is -0.494 e. The standard InChI is InChI=1S/C34H35F3N4O2S/c1-22-26(19-27-28(35)9-6-10-29(27)36)34-41(33(42)31(22)25-8-5-11-30(43-2)32(25)37)24(21-44-34)20-40-17-15-39(16-18-40)14-12-23-7-3-4-13-38-23/h3-11,13,24H,12,14-21H2,1-2H3. The van der Waals surface area contributed by atoms with E-state index in [1.807, 2.05) is 24.4 Å². The van der Waals surface area contributed by atoms with Crippen LogP contribution in [0.5, 0.6) is 5.75 Å². The molecule has 0 saturated carbocycles. The summed E-state index contributed by atoms with van der Waals surface area (Å²) in [6, 6.07) is 14.3. The fraction of sp³-hybridized carbons (Fsp3) is 0.353. The maximum Gasteiger partial charge on any atom is 0.260 e. The lowest BCUT2D eigenvalue weighted by Crippen LogP contribution is -2.48. The summed E-state index contributed by atoms with van der Waals surface area (Å²) in [4.78, 5) is 23.5. The number of fused-ring (bicyclic) bond motifs is 1. The van der Waals surface area contributed by atoms with Gasteiger partial charge in [0.15, 0.2) is 11.6 Å². The number of benzene rings is 2. The Morgan fingerprint density at radius 3 is 2.36 bits per heavy atom. The minimum absolute atomic E-state index is 0.0281. The summed E-state index contributed by atoms with van der Waals surface area (Å²) < 4.78 is 52.3. The average Bonchev–Trinajstić information content (AvgIpc) is 3.45. The van der Waals surface area contributed by atoms with E-state index < -0.39 is 17.5 Å². The molecule has 2 aromatic carbocycles. The van der Waals surface area contributed by atoms with Gasteiger partial charge in [-0.25, -0.2) is 13.2 Å². The smallest absolute Gasteiger partial charge is 0.260 e. The van der Waals surface area contributed by atoms with Crippen LogP contribution in [0.4, 0.5) is 13.2 Å². The topological polar surface area (TPSA) is 50.6 Å². The van der Waals surface area contributed by atoms with Crippen molar-refractivity contribution in [1.29, 1.82) is 0 Å². The van der Waals surface area contributed by atoms with Gasteiger partial charge in [-0.1, -0.05) is 24.3 Å². The molecule has 0 spiro atoms. The first-order chi connectivity index (χ1) is 21.4. The van der Waals surface area contributed by atoms with Crippen molar-refractivity contribution >= 4 is 11.8 Å². The molecule has 1 atom stereocenters. The maximum absolute atomic E-state index is 15.6. The zero-order valence-electron chi connectivity index (χ0n) is 24.9. The van der Waals surface area contributed by atoms with Gasteiger partial charge in [-0.15, -0.1) is 11.8 Å². The van der Waals surface area contributed by atoms with Gasteiger partial charge in [0.05, 0.1) is 23.7 Å². The van der Waals surface area contributed by atoms with Gasteiger partial charge in [-0.3, -0.25) is 19.2 Å². The predicted octanol–water partition coefficient (Wildman–Crippen LogP) is 5.74. The van der Waals surface area contributed by atoms with Crippen molar-refractivity contribution < 1.29 is 17.9 Å². The van der Waals surface area contributed by atoms with E-state index in [0.717, 1.165) is 44.8 Å². The molecule has 1 unspecified atom stereocenters. The number of hydrogen-bond donors (Lipinski definition) is 0. The zero-order chi connectivity index (χ0) is 30.8. The van der Waals surface area contributed by atoms with E-state index >= 15 is 4.39 Å². The van der Waals surface area contributed by atoms with Crippen LogP contribution in [0.15, 0.2) is 70.6 Å². The SMILES string of the molecule is COc1cccc(-c2c(C)c(Cc3c(F)cccc3F)c3n(c2=O)C(CN2CCN(CCc4ccccn4)CC2)CS3)c1F. The van der Waals surface area contributed by atoms with Crippen LogP contribution >= 0.6 is 11.8 Å². The Hall–Kier alpha value is -3.60. The van der Waals surface area contributed by atoms with Crippen molar-refractivity contribution in [2.45, 2.75) is 30.8 Å². The average molecular weight is 621 g/mol. The molecule has 230 valence electrons. The Bertz CT molecular complexity index is 1690. The third-order valence-electron chi connectivity index (χ3n) is 8.73. The van der Waals surface area contributed by atoms with E-state index in [4.69, 9.17) is 4.74 Å². The highest BCUT2D eigenvalue weighted by Gasteiger charge is 2.33. The van der Waals surface area contributed by atoms with Gasteiger partial charge in [0, 0.05) is 80.9 Å². The first-order valence-electron chi connectivity index (χ1n) is 14.9. The second kappa shape index (κ2) is 13.2. The molecule has 0 N–H and O–H groups in total. The largest absolute Gasteiger partial charge is 0.494 e. The van der Waals surface area contributed by atoms with Crippen LogP contribution < -0.4 is 10.3 Å². The third-order valence-corrected chi connectivity index (χ3v) is 9.99. The first kappa shape index (κ1) is 30.4. The molecule has 0 bridgehead atoms. The molecule has 0 aliphatic carbocycles. The molecule has 4 aromatic rings. The fourth-order valence-corrected chi connectivity index (χ4v) is 7.65. The molecule has 0 amide bonds. The lowest BCUT2D eigenvalue weighted by Gasteiger charge is -2.36. The van der Waals surface area contributed by atoms with Crippen molar-refractivity contribution in [3.8, 4) is 16.9 Å². The molecule has 1 saturated heterocycles. The van der Waals surface area contributed by atoms with Gasteiger partial charge in [-0.2, -0.15) is 0 Å². The highest BCUT2D eigenvalue weighted by molar-refractivity contribution is 7.99. The number of thioether (sulfide) groups is 1. The van der Waals surface area contributed by atoms with Crippen LogP contribution in [0.1, 0.15) is 28.4 Å². The van der Waals surface area contributed by atoms with E-state index in [1.54, 1.807) is 23.6 Å². The Morgan fingerprint density at radius 1 is 0.932 bits per heavy atom. The van der Waals surface area contributed by atoms with Crippen molar-refractivity contribution in [3.05, 3.63) is 111 Å². The van der Waals surface area contributed by atoms with E-state index in [-0.39, 0.29) is 40.5 Å². The molecular formula is C34H35F3N4O2S. The Kier molecular flexibility index (Phi) is 9.11. The number of hydrogen-bond acceptors (Lipinski definition) is 6. The number of aromatic nitrogens is 2. The Balaban J connectivity index is 1.31. The molecule has 10 heteroatoms. The van der Waals surface area contributed by atoms with Crippen molar-refractivity contribution in [2.24, 2.45) is 0 Å². The van der Waals surface area contributed by atoms with Gasteiger partial charge in [0.1, 0.15) is 11.6 Å². The monoisotopic (exact) mass is 620 g/mol. The second-order valence-corrected chi connectivity index (χ2v) is 12.3. The van der Waals surface area contributed by atoms with Crippen LogP contribution in [0.2, 0.25) is 0 Å². The summed E-state index contributed by atoms with van der Waals surface area (Å²) in [6.07, 6.45) is 2.67. The highest BCUT2D eigenvalue weighted by atomic mass is 32.2. The van der Waals surface area contributed by atoms with Gasteiger partial charge in [-0.05, 0) is 48.4 Å². The molecule has 2 aliphatic heterocycles. The van der Waals surface area contributed by atoms with Gasteiger partial charge in [0.2, 0.25) is 0 Å². The van der Waals surface area contributed by atoms with Gasteiger partial charge >= 0.3 is 0 Å². The number of nitrogens with zero attached hydrogens (tertiary/aromatic N) is 4. The number of rotatable bonds is 9. The fourth-order valence-electron chi connectivity index (χ4n) is 6.28. The summed E-state index contributed by atoms with van der Waals surface area (Å²) in [5.41, 5.74) is 2.19. The number of piperazine rings is 1. The number of ether oxygens (including phenoxy) is 1. The molecule has 1 fully saturated rings. The summed E-state index contributed by atoms with van der Waals surface area (Å²) in [5.74, 6) is -1.26. The van der Waals surface area contributed by atoms with Crippen LogP contribution in [0, 0.1) is 24.4 Å². The van der Waals surface area contributed by atoms with E-state index in [0.29, 0.717) is 28.5 Å². The Labute approximate surface area is 259 Å². The number of methoxy groups -OCH3 is 1. The van der Waals surface area contributed by atoms with E-state index in [1.165, 1.54) is 43.1 Å². The molecule has 4 heterocycles. The molecule has 6 nitrogen and oxygen atoms in total. The summed E-state index contributed by atoms with van der Waals surface area (Å²) in [5, 5.41) is 0.696. The quantitative estimate of drug-likeness (QED) is 0.238. The predicted molar refractivity (Wildman–Crippen MR) is 167 cm³/mol.